The summed E-state index contributed by atoms with van der Waals surface area (Å²) < 4.78 is 47.5. The predicted molar refractivity (Wildman–Crippen MR) is 124 cm³/mol. The molecule has 1 aromatic carbocycles. The Balaban J connectivity index is 1.24. The van der Waals surface area contributed by atoms with Crippen molar-refractivity contribution in [1.82, 2.24) is 4.31 Å². The fraction of sp³-hybridized carbons (Fsp3) is 0.731. The number of aliphatic hydroxyl groups is 1. The van der Waals surface area contributed by atoms with Gasteiger partial charge in [0.15, 0.2) is 5.78 Å². The molecule has 8 heteroatoms. The van der Waals surface area contributed by atoms with Gasteiger partial charge in [0.2, 0.25) is 10.0 Å². The van der Waals surface area contributed by atoms with Gasteiger partial charge in [-0.05, 0) is 87.5 Å². The summed E-state index contributed by atoms with van der Waals surface area (Å²) in [6, 6.07) is 2.55. The minimum absolute atomic E-state index is 0.0696. The minimum atomic E-state index is -3.75. The first-order chi connectivity index (χ1) is 16.2. The number of aliphatic hydroxyl groups excluding tert-OH is 1. The van der Waals surface area contributed by atoms with Crippen LogP contribution in [-0.4, -0.2) is 49.1 Å². The van der Waals surface area contributed by atoms with Crippen LogP contribution in [0.3, 0.4) is 0 Å². The van der Waals surface area contributed by atoms with Gasteiger partial charge in [-0.25, -0.2) is 17.1 Å². The first kappa shape index (κ1) is 22.9. The van der Waals surface area contributed by atoms with Gasteiger partial charge in [0.25, 0.3) is 0 Å². The van der Waals surface area contributed by atoms with Gasteiger partial charge in [-0.1, -0.05) is 0 Å². The molecule has 7 rings (SSSR count). The van der Waals surface area contributed by atoms with Crippen molar-refractivity contribution in [2.24, 2.45) is 29.1 Å². The van der Waals surface area contributed by atoms with E-state index < -0.39 is 33.5 Å². The molecule has 5 saturated carbocycles. The van der Waals surface area contributed by atoms with Crippen molar-refractivity contribution in [2.75, 3.05) is 25.4 Å². The highest BCUT2D eigenvalue weighted by Crippen LogP contribution is 2.60. The quantitative estimate of drug-likeness (QED) is 0.526. The number of nitrogens with zero attached hydrogens (tertiary/aromatic N) is 1. The molecule has 4 bridgehead atoms. The Morgan fingerprint density at radius 2 is 1.74 bits per heavy atom. The Hall–Kier alpha value is -1.51. The van der Waals surface area contributed by atoms with Gasteiger partial charge >= 0.3 is 0 Å². The molecule has 1 aromatic rings. The lowest BCUT2D eigenvalue weighted by molar-refractivity contribution is -0.0749. The fourth-order valence-corrected chi connectivity index (χ4v) is 8.89. The zero-order valence-corrected chi connectivity index (χ0v) is 20.4. The lowest BCUT2D eigenvalue weighted by atomic mass is 9.50. The third-order valence-electron chi connectivity index (χ3n) is 9.01. The van der Waals surface area contributed by atoms with Crippen LogP contribution in [-0.2, 0) is 10.0 Å². The highest BCUT2D eigenvalue weighted by molar-refractivity contribution is 7.89. The van der Waals surface area contributed by atoms with Gasteiger partial charge in [-0.3, -0.25) is 4.79 Å². The zero-order chi connectivity index (χ0) is 23.7. The van der Waals surface area contributed by atoms with Crippen LogP contribution in [0.2, 0.25) is 0 Å². The van der Waals surface area contributed by atoms with E-state index in [2.05, 4.69) is 0 Å². The summed E-state index contributed by atoms with van der Waals surface area (Å²) in [5.41, 5.74) is 0.270. The van der Waals surface area contributed by atoms with E-state index >= 15 is 4.39 Å². The molecule has 6 fully saturated rings. The number of carbonyl (C=O) groups excluding carboxylic acids is 1. The summed E-state index contributed by atoms with van der Waals surface area (Å²) in [6.45, 7) is 1.32. The van der Waals surface area contributed by atoms with Gasteiger partial charge in [0.1, 0.15) is 17.3 Å². The number of hydrogen-bond donors (Lipinski definition) is 1. The second kappa shape index (κ2) is 8.27. The Kier molecular flexibility index (Phi) is 5.58. The van der Waals surface area contributed by atoms with Crippen LogP contribution in [0.25, 0.3) is 0 Å². The van der Waals surface area contributed by atoms with Gasteiger partial charge in [0, 0.05) is 30.1 Å². The summed E-state index contributed by atoms with van der Waals surface area (Å²) >= 11 is 0. The monoisotopic (exact) mass is 491 g/mol. The number of carbonyl (C=O) groups is 1. The van der Waals surface area contributed by atoms with Crippen LogP contribution < -0.4 is 4.74 Å². The Morgan fingerprint density at radius 1 is 1.12 bits per heavy atom. The molecule has 1 unspecified atom stereocenters. The molecule has 0 amide bonds. The summed E-state index contributed by atoms with van der Waals surface area (Å²) in [4.78, 5) is 12.8. The van der Waals surface area contributed by atoms with Crippen molar-refractivity contribution in [3.63, 3.8) is 0 Å². The lowest BCUT2D eigenvalue weighted by Crippen LogP contribution is -2.48. The van der Waals surface area contributed by atoms with Crippen LogP contribution in [0.5, 0.6) is 5.75 Å². The molecular weight excluding hydrogens is 457 g/mol. The normalized spacial score (nSPS) is 33.5. The molecule has 186 valence electrons. The number of ketones is 1. The number of benzene rings is 1. The number of Topliss-reactive ketones (excluding diaryl/α,β-unsaturated/α-hetero) is 1. The molecule has 1 saturated heterocycles. The van der Waals surface area contributed by atoms with E-state index in [1.54, 1.807) is 0 Å². The van der Waals surface area contributed by atoms with E-state index in [0.717, 1.165) is 56.3 Å². The van der Waals surface area contributed by atoms with Gasteiger partial charge in [0.05, 0.1) is 18.3 Å². The second-order valence-electron chi connectivity index (χ2n) is 11.8. The number of rotatable bonds is 9. The first-order valence-corrected chi connectivity index (χ1v) is 14.5. The summed E-state index contributed by atoms with van der Waals surface area (Å²) in [7, 11) is -3.75. The minimum Gasteiger partial charge on any atom is -0.493 e. The van der Waals surface area contributed by atoms with E-state index in [4.69, 9.17) is 4.74 Å². The predicted octanol–water partition coefficient (Wildman–Crippen LogP) is 4.08. The molecular formula is C26H34FNO5S. The largest absolute Gasteiger partial charge is 0.493 e. The first-order valence-electron chi connectivity index (χ1n) is 12.9. The summed E-state index contributed by atoms with van der Waals surface area (Å²) in [5.74, 6) is 0.382. The van der Waals surface area contributed by atoms with Crippen molar-refractivity contribution >= 4 is 15.8 Å². The molecule has 1 N–H and O–H groups in total. The Bertz CT molecular complexity index is 1060. The van der Waals surface area contributed by atoms with E-state index in [1.807, 2.05) is 0 Å². The maximum atomic E-state index is 15.1. The molecule has 6 nitrogen and oxygen atoms in total. The van der Waals surface area contributed by atoms with Gasteiger partial charge in [-0.2, -0.15) is 0 Å². The molecule has 1 aliphatic heterocycles. The number of ether oxygens (including phenoxy) is 1. The topological polar surface area (TPSA) is 83.9 Å². The maximum absolute atomic E-state index is 15.1. The van der Waals surface area contributed by atoms with Gasteiger partial charge < -0.3 is 9.84 Å². The average Bonchev–Trinajstić information content (AvgIpc) is 3.54. The molecule has 6 aliphatic rings. The zero-order valence-electron chi connectivity index (χ0n) is 19.5. The van der Waals surface area contributed by atoms with E-state index in [-0.39, 0.29) is 16.9 Å². The molecule has 0 radical (unpaired) electrons. The number of halogens is 1. The molecule has 0 aromatic heterocycles. The fourth-order valence-electron chi connectivity index (χ4n) is 7.41. The number of hydrogen-bond acceptors (Lipinski definition) is 5. The molecule has 34 heavy (non-hydrogen) atoms. The summed E-state index contributed by atoms with van der Waals surface area (Å²) in [5, 5.41) is 10.9. The maximum Gasteiger partial charge on any atom is 0.221 e. The van der Waals surface area contributed by atoms with Crippen molar-refractivity contribution < 1.29 is 27.4 Å². The molecule has 0 spiro atoms. The van der Waals surface area contributed by atoms with Crippen molar-refractivity contribution in [1.29, 1.82) is 0 Å². The SMILES string of the molecule is O=C(CS(=O)(=O)N1CCC1)c1cc(C(O)C2CC2)c(OCC23CC4CC(CC(C4)C2)C3)cc1F. The number of sulfonamides is 1. The van der Waals surface area contributed by atoms with Crippen LogP contribution in [0.15, 0.2) is 12.1 Å². The van der Waals surface area contributed by atoms with Crippen molar-refractivity contribution in [3.8, 4) is 5.75 Å². The van der Waals surface area contributed by atoms with Crippen molar-refractivity contribution in [2.45, 2.75) is 63.9 Å². The average molecular weight is 492 g/mol. The standard InChI is InChI=1S/C26H34FNO5S/c27-22-10-24(33-15-26-11-16-6-17(12-26)8-18(7-16)13-26)21(25(30)19-2-3-19)9-20(22)23(29)14-34(31,32)28-4-1-5-28/h9-10,16-19,25,30H,1-8,11-15H2. The molecule has 5 aliphatic carbocycles. The van der Waals surface area contributed by atoms with Crippen molar-refractivity contribution in [3.05, 3.63) is 29.1 Å². The third kappa shape index (κ3) is 4.20. The van der Waals surface area contributed by atoms with E-state index in [0.29, 0.717) is 31.0 Å². The van der Waals surface area contributed by atoms with Crippen LogP contribution in [0, 0.1) is 34.9 Å². The highest BCUT2D eigenvalue weighted by Gasteiger charge is 2.51. The summed E-state index contributed by atoms with van der Waals surface area (Å²) in [6.07, 6.45) is 9.15. The smallest absolute Gasteiger partial charge is 0.221 e. The lowest BCUT2D eigenvalue weighted by Gasteiger charge is -2.56. The van der Waals surface area contributed by atoms with Gasteiger partial charge in [-0.15, -0.1) is 0 Å². The highest BCUT2D eigenvalue weighted by atomic mass is 32.2. The van der Waals surface area contributed by atoms with E-state index in [1.165, 1.54) is 35.7 Å². The van der Waals surface area contributed by atoms with Crippen LogP contribution >= 0.6 is 0 Å². The second-order valence-corrected chi connectivity index (χ2v) is 13.8. The van der Waals surface area contributed by atoms with Crippen LogP contribution in [0.1, 0.15) is 79.8 Å². The Morgan fingerprint density at radius 3 is 2.26 bits per heavy atom. The third-order valence-corrected chi connectivity index (χ3v) is 10.8. The van der Waals surface area contributed by atoms with Crippen LogP contribution in [0.4, 0.5) is 4.39 Å². The molecule has 1 heterocycles. The van der Waals surface area contributed by atoms with E-state index in [9.17, 15) is 18.3 Å². The molecule has 1 atom stereocenters. The Labute approximate surface area is 200 Å².